The van der Waals surface area contributed by atoms with Crippen LogP contribution in [-0.4, -0.2) is 13.4 Å². The van der Waals surface area contributed by atoms with Gasteiger partial charge in [0.05, 0.1) is 0 Å². The number of pyridine rings is 1. The Morgan fingerprint density at radius 1 is 1.22 bits per heavy atom. The molecule has 0 aliphatic rings. The molecule has 0 bridgehead atoms. The molecule has 0 amide bonds. The number of primary sulfonamides is 1. The molecule has 0 aliphatic carbocycles. The Morgan fingerprint density at radius 2 is 2.00 bits per heavy atom. The molecule has 3 N–H and O–H groups in total. The van der Waals surface area contributed by atoms with E-state index in [1.165, 1.54) is 18.3 Å². The van der Waals surface area contributed by atoms with Crippen molar-refractivity contribution < 1.29 is 8.42 Å². The van der Waals surface area contributed by atoms with Crippen LogP contribution in [0, 0.1) is 0 Å². The summed E-state index contributed by atoms with van der Waals surface area (Å²) in [7, 11) is -3.71. The van der Waals surface area contributed by atoms with Gasteiger partial charge >= 0.3 is 0 Å². The molecule has 18 heavy (non-hydrogen) atoms. The lowest BCUT2D eigenvalue weighted by atomic mass is 10.3. The van der Waals surface area contributed by atoms with Crippen molar-refractivity contribution in [3.8, 4) is 0 Å². The molecule has 5 nitrogen and oxygen atoms in total. The number of nitrogens with two attached hydrogens (primary N) is 1. The molecule has 0 atom stereocenters. The highest BCUT2D eigenvalue weighted by molar-refractivity contribution is 7.89. The first kappa shape index (κ1) is 12.8. The van der Waals surface area contributed by atoms with Gasteiger partial charge in [-0.05, 0) is 30.3 Å². The van der Waals surface area contributed by atoms with Crippen molar-refractivity contribution >= 4 is 33.1 Å². The number of halogens is 1. The van der Waals surface area contributed by atoms with E-state index in [4.69, 9.17) is 16.7 Å². The quantitative estimate of drug-likeness (QED) is 0.903. The minimum absolute atomic E-state index is 0.0286. The highest BCUT2D eigenvalue weighted by Gasteiger charge is 2.07. The molecule has 0 unspecified atom stereocenters. The van der Waals surface area contributed by atoms with Crippen molar-refractivity contribution in [3.05, 3.63) is 47.6 Å². The van der Waals surface area contributed by atoms with Crippen LogP contribution in [0.3, 0.4) is 0 Å². The molecule has 0 saturated heterocycles. The van der Waals surface area contributed by atoms with Crippen LogP contribution in [0.25, 0.3) is 0 Å². The summed E-state index contributed by atoms with van der Waals surface area (Å²) >= 11 is 5.84. The first-order valence-electron chi connectivity index (χ1n) is 4.96. The maximum Gasteiger partial charge on any atom is 0.239 e. The Bertz CT molecular complexity index is 656. The fourth-order valence-electron chi connectivity index (χ4n) is 1.34. The van der Waals surface area contributed by atoms with Crippen molar-refractivity contribution in [1.29, 1.82) is 0 Å². The fourth-order valence-corrected chi connectivity index (χ4v) is 1.98. The second-order valence-electron chi connectivity index (χ2n) is 3.56. The lowest BCUT2D eigenvalue weighted by Gasteiger charge is -2.06. The van der Waals surface area contributed by atoms with E-state index >= 15 is 0 Å². The van der Waals surface area contributed by atoms with Crippen LogP contribution in [0.2, 0.25) is 5.02 Å². The van der Waals surface area contributed by atoms with E-state index in [2.05, 4.69) is 10.3 Å². The maximum absolute atomic E-state index is 11.0. The van der Waals surface area contributed by atoms with Gasteiger partial charge in [0, 0.05) is 16.9 Å². The summed E-state index contributed by atoms with van der Waals surface area (Å²) in [6.45, 7) is 0. The van der Waals surface area contributed by atoms with Crippen molar-refractivity contribution in [2.24, 2.45) is 5.14 Å². The largest absolute Gasteiger partial charge is 0.340 e. The Balaban J connectivity index is 2.21. The lowest BCUT2D eigenvalue weighted by Crippen LogP contribution is -2.12. The zero-order valence-electron chi connectivity index (χ0n) is 9.17. The van der Waals surface area contributed by atoms with Gasteiger partial charge < -0.3 is 5.32 Å². The smallest absolute Gasteiger partial charge is 0.239 e. The van der Waals surface area contributed by atoms with E-state index in [0.717, 1.165) is 5.69 Å². The number of sulfonamides is 1. The van der Waals surface area contributed by atoms with Gasteiger partial charge in [-0.15, -0.1) is 0 Å². The Morgan fingerprint density at radius 3 is 2.56 bits per heavy atom. The second kappa shape index (κ2) is 4.93. The molecular weight excluding hydrogens is 274 g/mol. The lowest BCUT2D eigenvalue weighted by molar-refractivity contribution is 0.597. The number of nitrogens with one attached hydrogen (secondary N) is 1. The first-order chi connectivity index (χ1) is 8.45. The molecule has 0 aliphatic heterocycles. The predicted molar refractivity (Wildman–Crippen MR) is 70.3 cm³/mol. The molecule has 0 radical (unpaired) electrons. The first-order valence-corrected chi connectivity index (χ1v) is 6.89. The number of aromatic nitrogens is 1. The molecule has 2 rings (SSSR count). The number of anilines is 2. The molecule has 1 aromatic heterocycles. The zero-order chi connectivity index (χ0) is 13.2. The summed E-state index contributed by atoms with van der Waals surface area (Å²) < 4.78 is 22.1. The summed E-state index contributed by atoms with van der Waals surface area (Å²) in [4.78, 5) is 3.93. The van der Waals surface area contributed by atoms with Crippen molar-refractivity contribution in [2.75, 3.05) is 5.32 Å². The third-order valence-corrected chi connectivity index (χ3v) is 3.30. The van der Waals surface area contributed by atoms with E-state index in [9.17, 15) is 8.42 Å². The van der Waals surface area contributed by atoms with Crippen LogP contribution < -0.4 is 10.5 Å². The standard InChI is InChI=1S/C11H10ClN3O2S/c12-8-2-1-3-9(6-8)15-11-5-4-10(7-14-11)18(13,16)17/h1-7H,(H,14,15)(H2,13,16,17). The summed E-state index contributed by atoms with van der Waals surface area (Å²) in [5, 5.41) is 8.56. The predicted octanol–water partition coefficient (Wildman–Crippen LogP) is 2.13. The van der Waals surface area contributed by atoms with Gasteiger partial charge in [-0.3, -0.25) is 0 Å². The Kier molecular flexibility index (Phi) is 3.51. The van der Waals surface area contributed by atoms with Gasteiger partial charge in [0.25, 0.3) is 0 Å². The third kappa shape index (κ3) is 3.19. The van der Waals surface area contributed by atoms with Crippen molar-refractivity contribution in [1.82, 2.24) is 4.98 Å². The minimum Gasteiger partial charge on any atom is -0.340 e. The van der Waals surface area contributed by atoms with Crippen LogP contribution in [0.15, 0.2) is 47.5 Å². The Hall–Kier alpha value is -1.63. The van der Waals surface area contributed by atoms with Gasteiger partial charge in [0.15, 0.2) is 0 Å². The molecule has 0 saturated carbocycles. The fraction of sp³-hybridized carbons (Fsp3) is 0. The van der Waals surface area contributed by atoms with Gasteiger partial charge in [0.1, 0.15) is 10.7 Å². The Labute approximate surface area is 110 Å². The number of benzene rings is 1. The average molecular weight is 284 g/mol. The van der Waals surface area contributed by atoms with E-state index in [1.807, 2.05) is 6.07 Å². The maximum atomic E-state index is 11.0. The molecule has 0 spiro atoms. The molecule has 0 fully saturated rings. The van der Waals surface area contributed by atoms with Crippen molar-refractivity contribution in [2.45, 2.75) is 4.90 Å². The number of nitrogens with zero attached hydrogens (tertiary/aromatic N) is 1. The number of hydrogen-bond acceptors (Lipinski definition) is 4. The molecule has 1 aromatic carbocycles. The molecule has 7 heteroatoms. The summed E-state index contributed by atoms with van der Waals surface area (Å²) in [6, 6.07) is 10.0. The topological polar surface area (TPSA) is 85.1 Å². The van der Waals surface area contributed by atoms with Gasteiger partial charge in [0.2, 0.25) is 10.0 Å². The minimum atomic E-state index is -3.71. The number of rotatable bonds is 3. The molecule has 1 heterocycles. The zero-order valence-corrected chi connectivity index (χ0v) is 10.7. The van der Waals surface area contributed by atoms with Crippen LogP contribution in [-0.2, 0) is 10.0 Å². The monoisotopic (exact) mass is 283 g/mol. The highest BCUT2D eigenvalue weighted by Crippen LogP contribution is 2.19. The molecule has 94 valence electrons. The van der Waals surface area contributed by atoms with Crippen molar-refractivity contribution in [3.63, 3.8) is 0 Å². The molecule has 2 aromatic rings. The van der Waals surface area contributed by atoms with E-state index in [0.29, 0.717) is 10.8 Å². The van der Waals surface area contributed by atoms with Crippen LogP contribution >= 0.6 is 11.6 Å². The summed E-state index contributed by atoms with van der Waals surface area (Å²) in [5.41, 5.74) is 0.762. The van der Waals surface area contributed by atoms with Crippen LogP contribution in [0.5, 0.6) is 0 Å². The van der Waals surface area contributed by atoms with E-state index < -0.39 is 10.0 Å². The number of hydrogen-bond donors (Lipinski definition) is 2. The second-order valence-corrected chi connectivity index (χ2v) is 5.56. The van der Waals surface area contributed by atoms with Crippen LogP contribution in [0.4, 0.5) is 11.5 Å². The average Bonchev–Trinajstić information content (AvgIpc) is 2.28. The van der Waals surface area contributed by atoms with E-state index in [1.54, 1.807) is 18.2 Å². The highest BCUT2D eigenvalue weighted by atomic mass is 35.5. The van der Waals surface area contributed by atoms with Gasteiger partial charge in [-0.1, -0.05) is 17.7 Å². The normalized spacial score (nSPS) is 11.2. The SMILES string of the molecule is NS(=O)(=O)c1ccc(Nc2cccc(Cl)c2)nc1. The van der Waals surface area contributed by atoms with E-state index in [-0.39, 0.29) is 4.90 Å². The molecular formula is C11H10ClN3O2S. The van der Waals surface area contributed by atoms with Crippen LogP contribution in [0.1, 0.15) is 0 Å². The van der Waals surface area contributed by atoms with Gasteiger partial charge in [-0.25, -0.2) is 18.5 Å². The summed E-state index contributed by atoms with van der Waals surface area (Å²) in [5.74, 6) is 0.504. The third-order valence-electron chi connectivity index (χ3n) is 2.16. The summed E-state index contributed by atoms with van der Waals surface area (Å²) in [6.07, 6.45) is 1.20. The van der Waals surface area contributed by atoms with Gasteiger partial charge in [-0.2, -0.15) is 0 Å².